The third-order valence-electron chi connectivity index (χ3n) is 4.59. The lowest BCUT2D eigenvalue weighted by molar-refractivity contribution is -0.146. The fourth-order valence-electron chi connectivity index (χ4n) is 2.92. The van der Waals surface area contributed by atoms with E-state index in [-0.39, 0.29) is 33.0 Å². The number of urea groups is 1. The molecule has 0 saturated carbocycles. The van der Waals surface area contributed by atoms with Gasteiger partial charge in [0.2, 0.25) is 0 Å². The van der Waals surface area contributed by atoms with Crippen molar-refractivity contribution in [1.82, 2.24) is 16.3 Å². The van der Waals surface area contributed by atoms with Gasteiger partial charge < -0.3 is 28.4 Å². The molecule has 0 fully saturated rings. The minimum atomic E-state index is -0.594. The first-order chi connectivity index (χ1) is 18.4. The summed E-state index contributed by atoms with van der Waals surface area (Å²) < 4.78 is 31.1. The lowest BCUT2D eigenvalue weighted by Crippen LogP contribution is -2.42. The lowest BCUT2D eigenvalue weighted by atomic mass is 10.2. The van der Waals surface area contributed by atoms with Crippen LogP contribution in [-0.4, -0.2) is 64.8 Å². The van der Waals surface area contributed by atoms with Gasteiger partial charge in [0.15, 0.2) is 36.2 Å². The molecule has 0 aliphatic rings. The Bertz CT molecular complexity index is 1110. The van der Waals surface area contributed by atoms with Gasteiger partial charge >= 0.3 is 18.0 Å². The van der Waals surface area contributed by atoms with E-state index in [9.17, 15) is 14.4 Å². The van der Waals surface area contributed by atoms with Crippen LogP contribution in [0.5, 0.6) is 23.0 Å². The van der Waals surface area contributed by atoms with E-state index in [4.69, 9.17) is 28.4 Å². The zero-order chi connectivity index (χ0) is 27.8. The maximum atomic E-state index is 12.0. The number of ether oxygens (including phenoxy) is 6. The molecule has 38 heavy (non-hydrogen) atoms. The van der Waals surface area contributed by atoms with Crippen molar-refractivity contribution < 1.29 is 42.8 Å². The molecule has 0 atom stereocenters. The Morgan fingerprint density at radius 3 is 1.97 bits per heavy atom. The highest BCUT2D eigenvalue weighted by molar-refractivity contribution is 5.82. The number of hydrazine groups is 1. The van der Waals surface area contributed by atoms with Crippen molar-refractivity contribution in [3.8, 4) is 23.0 Å². The average Bonchev–Trinajstić information content (AvgIpc) is 2.91. The molecule has 0 heterocycles. The molecule has 2 amide bonds. The minimum Gasteiger partial charge on any atom is -0.493 e. The van der Waals surface area contributed by atoms with Crippen LogP contribution in [0.1, 0.15) is 25.0 Å². The molecular formula is C25H32N4O9. The third kappa shape index (κ3) is 10.2. The number of benzene rings is 2. The maximum Gasteiger partial charge on any atom is 0.349 e. The summed E-state index contributed by atoms with van der Waals surface area (Å²) in [5.41, 5.74) is 8.96. The molecule has 3 N–H and O–H groups in total. The number of hydrogen-bond acceptors (Lipinski definition) is 11. The average molecular weight is 533 g/mol. The van der Waals surface area contributed by atoms with Gasteiger partial charge in [-0.3, -0.25) is 5.43 Å². The highest BCUT2D eigenvalue weighted by atomic mass is 16.6. The first-order valence-electron chi connectivity index (χ1n) is 11.6. The molecule has 0 unspecified atom stereocenters. The predicted molar refractivity (Wildman–Crippen MR) is 136 cm³/mol. The molecule has 0 saturated heterocycles. The number of rotatable bonds is 15. The topological polar surface area (TPSA) is 155 Å². The Kier molecular flexibility index (Phi) is 12.7. The first kappa shape index (κ1) is 29.7. The van der Waals surface area contributed by atoms with Gasteiger partial charge in [-0.05, 0) is 55.3 Å². The van der Waals surface area contributed by atoms with Gasteiger partial charge in [0.05, 0.1) is 33.6 Å². The van der Waals surface area contributed by atoms with Crippen LogP contribution in [-0.2, 0) is 25.6 Å². The Balaban J connectivity index is 1.80. The monoisotopic (exact) mass is 532 g/mol. The van der Waals surface area contributed by atoms with Gasteiger partial charge in [-0.2, -0.15) is 5.10 Å². The SMILES string of the molecule is CCOC(=O)COc1ccc(C=NNC(=O)NNCc2ccc(OCC(=O)OCC)c(OC)c2)cc1OC. The number of amides is 2. The highest BCUT2D eigenvalue weighted by Gasteiger charge is 2.10. The molecule has 0 bridgehead atoms. The van der Waals surface area contributed by atoms with Crippen LogP contribution in [0.3, 0.4) is 0 Å². The second-order valence-corrected chi connectivity index (χ2v) is 7.26. The van der Waals surface area contributed by atoms with E-state index in [1.165, 1.54) is 20.4 Å². The molecule has 0 aromatic heterocycles. The molecule has 2 aromatic rings. The summed E-state index contributed by atoms with van der Waals surface area (Å²) in [7, 11) is 2.94. The van der Waals surface area contributed by atoms with Crippen molar-refractivity contribution in [3.05, 3.63) is 47.5 Å². The number of carbonyl (C=O) groups excluding carboxylic acids is 3. The second-order valence-electron chi connectivity index (χ2n) is 7.26. The quantitative estimate of drug-likeness (QED) is 0.176. The van der Waals surface area contributed by atoms with E-state index in [0.29, 0.717) is 28.6 Å². The number of methoxy groups -OCH3 is 2. The number of carbonyl (C=O) groups is 3. The molecule has 0 spiro atoms. The van der Waals surface area contributed by atoms with Gasteiger partial charge in [0.1, 0.15) is 0 Å². The molecule has 0 aliphatic carbocycles. The van der Waals surface area contributed by atoms with Gasteiger partial charge in [-0.1, -0.05) is 6.07 Å². The second kappa shape index (κ2) is 16.3. The van der Waals surface area contributed by atoms with Crippen molar-refractivity contribution in [2.75, 3.05) is 40.6 Å². The molecule has 13 nitrogen and oxygen atoms in total. The molecule has 0 aliphatic heterocycles. The Labute approximate surface area is 220 Å². The summed E-state index contributed by atoms with van der Waals surface area (Å²) in [5.74, 6) is 0.601. The Morgan fingerprint density at radius 1 is 0.816 bits per heavy atom. The van der Waals surface area contributed by atoms with Crippen LogP contribution >= 0.6 is 0 Å². The summed E-state index contributed by atoms with van der Waals surface area (Å²) in [5, 5.41) is 3.89. The minimum absolute atomic E-state index is 0.232. The van der Waals surface area contributed by atoms with Gasteiger partial charge in [0.25, 0.3) is 0 Å². The van der Waals surface area contributed by atoms with Crippen molar-refractivity contribution in [2.24, 2.45) is 5.10 Å². The van der Waals surface area contributed by atoms with Crippen molar-refractivity contribution in [1.29, 1.82) is 0 Å². The zero-order valence-electron chi connectivity index (χ0n) is 21.7. The molecule has 2 rings (SSSR count). The first-order valence-corrected chi connectivity index (χ1v) is 11.6. The van der Waals surface area contributed by atoms with Crippen molar-refractivity contribution in [3.63, 3.8) is 0 Å². The summed E-state index contributed by atoms with van der Waals surface area (Å²) in [6, 6.07) is 9.44. The van der Waals surface area contributed by atoms with E-state index in [0.717, 1.165) is 5.56 Å². The van der Waals surface area contributed by atoms with E-state index < -0.39 is 18.0 Å². The number of hydrogen-bond donors (Lipinski definition) is 3. The predicted octanol–water partition coefficient (Wildman–Crippen LogP) is 1.93. The summed E-state index contributed by atoms with van der Waals surface area (Å²) in [6.45, 7) is 3.76. The van der Waals surface area contributed by atoms with Crippen LogP contribution in [0.25, 0.3) is 0 Å². The molecule has 2 aromatic carbocycles. The van der Waals surface area contributed by atoms with Gasteiger partial charge in [-0.15, -0.1) is 0 Å². The maximum absolute atomic E-state index is 12.0. The zero-order valence-corrected chi connectivity index (χ0v) is 21.7. The fraction of sp³-hybridized carbons (Fsp3) is 0.360. The van der Waals surface area contributed by atoms with Crippen LogP contribution in [0.2, 0.25) is 0 Å². The van der Waals surface area contributed by atoms with Crippen LogP contribution in [0.4, 0.5) is 4.79 Å². The molecule has 0 radical (unpaired) electrons. The van der Waals surface area contributed by atoms with Crippen LogP contribution in [0, 0.1) is 0 Å². The van der Waals surface area contributed by atoms with Crippen molar-refractivity contribution in [2.45, 2.75) is 20.4 Å². The number of nitrogens with zero attached hydrogens (tertiary/aromatic N) is 1. The number of nitrogens with one attached hydrogen (secondary N) is 3. The summed E-state index contributed by atoms with van der Waals surface area (Å²) in [4.78, 5) is 34.9. The largest absolute Gasteiger partial charge is 0.493 e. The summed E-state index contributed by atoms with van der Waals surface area (Å²) >= 11 is 0. The molecule has 206 valence electrons. The molecular weight excluding hydrogens is 500 g/mol. The highest BCUT2D eigenvalue weighted by Crippen LogP contribution is 2.28. The van der Waals surface area contributed by atoms with Crippen LogP contribution < -0.4 is 35.2 Å². The Hall–Kier alpha value is -4.52. The smallest absolute Gasteiger partial charge is 0.349 e. The molecule has 13 heteroatoms. The normalized spacial score (nSPS) is 10.4. The van der Waals surface area contributed by atoms with Crippen molar-refractivity contribution >= 4 is 24.2 Å². The van der Waals surface area contributed by atoms with E-state index >= 15 is 0 Å². The number of esters is 2. The van der Waals surface area contributed by atoms with E-state index in [1.807, 2.05) is 0 Å². The fourth-order valence-corrected chi connectivity index (χ4v) is 2.92. The van der Waals surface area contributed by atoms with Crippen LogP contribution in [0.15, 0.2) is 41.5 Å². The third-order valence-corrected chi connectivity index (χ3v) is 4.59. The lowest BCUT2D eigenvalue weighted by Gasteiger charge is -2.12. The van der Waals surface area contributed by atoms with E-state index in [2.05, 4.69) is 21.4 Å². The van der Waals surface area contributed by atoms with Gasteiger partial charge in [-0.25, -0.2) is 25.2 Å². The summed E-state index contributed by atoms with van der Waals surface area (Å²) in [6.07, 6.45) is 1.41. The van der Waals surface area contributed by atoms with Gasteiger partial charge in [0, 0.05) is 6.54 Å². The van der Waals surface area contributed by atoms with E-state index in [1.54, 1.807) is 50.2 Å². The Morgan fingerprint density at radius 2 is 1.39 bits per heavy atom. The number of hydrazone groups is 1. The standard InChI is InChI=1S/C25H32N4O9/c1-5-35-23(30)15-37-19-9-7-17(11-21(19)33-3)13-26-28-25(32)29-27-14-18-8-10-20(22(12-18)34-4)38-16-24(31)36-6-2/h7-13,27H,5-6,14-16H2,1-4H3,(H2,28,29,32).